The summed E-state index contributed by atoms with van der Waals surface area (Å²) in [4.78, 5) is 37.5. The van der Waals surface area contributed by atoms with Crippen LogP contribution in [0.5, 0.6) is 0 Å². The van der Waals surface area contributed by atoms with Crippen LogP contribution in [0.4, 0.5) is 0 Å². The van der Waals surface area contributed by atoms with Crippen molar-refractivity contribution in [3.8, 4) is 0 Å². The Labute approximate surface area is 232 Å². The Bertz CT molecular complexity index is 1880. The van der Waals surface area contributed by atoms with Crippen LogP contribution in [0.1, 0.15) is 70.0 Å². The second kappa shape index (κ2) is 9.18. The van der Waals surface area contributed by atoms with E-state index in [1.54, 1.807) is 0 Å². The smallest absolute Gasteiger partial charge is 0.320 e. The molecule has 6 rings (SSSR count). The second-order valence-electron chi connectivity index (χ2n) is 11.4. The summed E-state index contributed by atoms with van der Waals surface area (Å²) in [7, 11) is 1.34. The van der Waals surface area contributed by atoms with Crippen LogP contribution >= 0.6 is 0 Å². The van der Waals surface area contributed by atoms with Gasteiger partial charge in [-0.3, -0.25) is 9.59 Å². The van der Waals surface area contributed by atoms with Gasteiger partial charge in [0.1, 0.15) is 5.92 Å². The van der Waals surface area contributed by atoms with Crippen LogP contribution in [-0.2, 0) is 9.53 Å². The van der Waals surface area contributed by atoms with Gasteiger partial charge in [-0.1, -0.05) is 20.3 Å². The van der Waals surface area contributed by atoms with Crippen molar-refractivity contribution < 1.29 is 19.4 Å². The summed E-state index contributed by atoms with van der Waals surface area (Å²) in [5.74, 6) is -1.39. The third-order valence-corrected chi connectivity index (χ3v) is 9.54. The normalized spacial score (nSPS) is 26.6. The number of Topliss-reactive ketones (excluding diaryl/α,β-unsaturated/α-hetero) is 1. The highest BCUT2D eigenvalue weighted by atomic mass is 16.5. The number of H-pyrrole nitrogens is 3. The molecule has 1 aliphatic carbocycles. The fraction of sp³-hybridized carbons (Fsp3) is 0.375. The molecule has 5 heterocycles. The number of esters is 1. The van der Waals surface area contributed by atoms with Crippen LogP contribution in [0.3, 0.4) is 0 Å². The number of hydrogen-bond donors (Lipinski definition) is 5. The average Bonchev–Trinajstić information content (AvgIpc) is 3.66. The second-order valence-corrected chi connectivity index (χ2v) is 11.4. The number of ether oxygens (including phenoxy) is 1. The number of methoxy groups -OCH3 is 1. The number of carbonyl (C=O) groups is 2. The minimum atomic E-state index is -0.985. The fourth-order valence-electron chi connectivity index (χ4n) is 6.95. The van der Waals surface area contributed by atoms with Gasteiger partial charge in [0.25, 0.3) is 0 Å². The van der Waals surface area contributed by atoms with E-state index >= 15 is 0 Å². The van der Waals surface area contributed by atoms with Gasteiger partial charge in [0, 0.05) is 44.8 Å². The molecule has 0 amide bonds. The molecule has 1 saturated heterocycles. The molecule has 0 saturated carbocycles. The highest BCUT2D eigenvalue weighted by Gasteiger charge is 2.48. The summed E-state index contributed by atoms with van der Waals surface area (Å²) in [6, 6.07) is -0.212. The number of aromatic amines is 3. The fourth-order valence-corrected chi connectivity index (χ4v) is 6.95. The van der Waals surface area contributed by atoms with E-state index < -0.39 is 11.9 Å². The zero-order chi connectivity index (χ0) is 28.6. The molecule has 208 valence electrons. The lowest BCUT2D eigenvalue weighted by Gasteiger charge is -2.24. The maximum atomic E-state index is 13.9. The topological polar surface area (TPSA) is 123 Å². The minimum Gasteiger partial charge on any atom is -0.515 e. The largest absolute Gasteiger partial charge is 0.515 e. The highest BCUT2D eigenvalue weighted by Crippen LogP contribution is 2.41. The van der Waals surface area contributed by atoms with E-state index in [1.807, 2.05) is 26.0 Å². The molecule has 0 aromatic carbocycles. The van der Waals surface area contributed by atoms with E-state index in [0.29, 0.717) is 16.1 Å². The van der Waals surface area contributed by atoms with Crippen LogP contribution in [0.25, 0.3) is 30.1 Å². The summed E-state index contributed by atoms with van der Waals surface area (Å²) in [6.07, 6.45) is 8.17. The van der Waals surface area contributed by atoms with Gasteiger partial charge in [0.2, 0.25) is 0 Å². The third kappa shape index (κ3) is 3.51. The first kappa shape index (κ1) is 26.0. The molecule has 1 unspecified atom stereocenters. The van der Waals surface area contributed by atoms with Gasteiger partial charge in [-0.05, 0) is 79.7 Å². The minimum absolute atomic E-state index is 0.178. The number of hydrogen-bond acceptors (Lipinski definition) is 5. The van der Waals surface area contributed by atoms with Crippen molar-refractivity contribution in [2.75, 3.05) is 7.11 Å². The molecule has 1 fully saturated rings. The van der Waals surface area contributed by atoms with Crippen molar-refractivity contribution in [2.45, 2.75) is 54.0 Å². The third-order valence-electron chi connectivity index (χ3n) is 9.54. The van der Waals surface area contributed by atoms with Gasteiger partial charge in [-0.25, -0.2) is 0 Å². The standard InChI is InChI=1S/C32H36N4O4/c1-8-18-15(4)23-9-20-13(2)14(3)21(33-20)11-25-19(12-37)16(5)22(34-25)10-24-17(6)26-30(36-24)27(29(18)35-23)28(31(26)38)32(39)40-7/h9-12,15,18,28-29,33-37H,8H2,1-7H3/b19-12-,23-9+,24-10-,25-11-/t15-,18-,28+,29?/m0/s1. The Morgan fingerprint density at radius 2 is 1.60 bits per heavy atom. The predicted molar refractivity (Wildman–Crippen MR) is 155 cm³/mol. The molecule has 5 N–H and O–H groups in total. The summed E-state index contributed by atoms with van der Waals surface area (Å²) in [5, 5.41) is 16.9. The summed E-state index contributed by atoms with van der Waals surface area (Å²) >= 11 is 0. The maximum Gasteiger partial charge on any atom is 0.320 e. The first-order valence-electron chi connectivity index (χ1n) is 13.9. The highest BCUT2D eigenvalue weighted by molar-refractivity contribution is 6.19. The van der Waals surface area contributed by atoms with Gasteiger partial charge >= 0.3 is 5.97 Å². The Morgan fingerprint density at radius 3 is 2.25 bits per heavy atom. The van der Waals surface area contributed by atoms with Gasteiger partial charge in [-0.15, -0.1) is 0 Å². The van der Waals surface area contributed by atoms with Crippen LogP contribution in [0, 0.1) is 45.4 Å². The molecule has 8 nitrogen and oxygen atoms in total. The van der Waals surface area contributed by atoms with Crippen molar-refractivity contribution in [1.82, 2.24) is 20.3 Å². The molecule has 0 spiro atoms. The molecule has 3 aromatic heterocycles. The van der Waals surface area contributed by atoms with E-state index in [-0.39, 0.29) is 23.7 Å². The quantitative estimate of drug-likeness (QED) is 0.251. The number of rotatable bonds is 2. The van der Waals surface area contributed by atoms with Crippen molar-refractivity contribution in [3.05, 3.63) is 71.9 Å². The van der Waals surface area contributed by atoms with Crippen LogP contribution in [0.2, 0.25) is 0 Å². The van der Waals surface area contributed by atoms with E-state index in [1.165, 1.54) is 7.11 Å². The molecule has 2 aliphatic heterocycles. The van der Waals surface area contributed by atoms with E-state index in [4.69, 9.17) is 4.74 Å². The van der Waals surface area contributed by atoms with Crippen LogP contribution in [0.15, 0.2) is 5.70 Å². The first-order valence-corrected chi connectivity index (χ1v) is 13.9. The molecular formula is C32H36N4O4. The number of aromatic nitrogens is 3. The maximum absolute atomic E-state index is 13.9. The summed E-state index contributed by atoms with van der Waals surface area (Å²) < 4.78 is 5.16. The molecule has 3 aromatic rings. The lowest BCUT2D eigenvalue weighted by Crippen LogP contribution is -2.37. The van der Waals surface area contributed by atoms with Gasteiger partial charge in [-0.2, -0.15) is 0 Å². The predicted octanol–water partition coefficient (Wildman–Crippen LogP) is 1.98. The van der Waals surface area contributed by atoms with Gasteiger partial charge in [0.15, 0.2) is 5.78 Å². The van der Waals surface area contributed by atoms with Crippen molar-refractivity contribution in [3.63, 3.8) is 0 Å². The first-order chi connectivity index (χ1) is 19.1. The zero-order valence-corrected chi connectivity index (χ0v) is 24.0. The molecule has 3 aliphatic rings. The Balaban J connectivity index is 1.75. The molecule has 4 atom stereocenters. The molecular weight excluding hydrogens is 504 g/mol. The van der Waals surface area contributed by atoms with Crippen molar-refractivity contribution in [2.24, 2.45) is 17.8 Å². The monoisotopic (exact) mass is 540 g/mol. The van der Waals surface area contributed by atoms with Crippen LogP contribution in [-0.4, -0.2) is 45.0 Å². The number of aliphatic hydroxyl groups is 1. The number of allylic oxidation sites excluding steroid dienone is 1. The van der Waals surface area contributed by atoms with E-state index in [0.717, 1.165) is 74.0 Å². The average molecular weight is 541 g/mol. The molecule has 8 bridgehead atoms. The van der Waals surface area contributed by atoms with Gasteiger partial charge < -0.3 is 30.1 Å². The number of ketones is 1. The van der Waals surface area contributed by atoms with Crippen molar-refractivity contribution >= 4 is 41.8 Å². The summed E-state index contributed by atoms with van der Waals surface area (Å²) in [5.41, 5.74) is 9.10. The van der Waals surface area contributed by atoms with E-state index in [9.17, 15) is 14.7 Å². The van der Waals surface area contributed by atoms with Gasteiger partial charge in [0.05, 0.1) is 30.1 Å². The number of carbonyl (C=O) groups excluding carboxylic acids is 2. The Morgan fingerprint density at radius 1 is 0.950 bits per heavy atom. The van der Waals surface area contributed by atoms with E-state index in [2.05, 4.69) is 54.0 Å². The van der Waals surface area contributed by atoms with Crippen molar-refractivity contribution in [1.29, 1.82) is 0 Å². The zero-order valence-electron chi connectivity index (χ0n) is 24.0. The molecule has 40 heavy (non-hydrogen) atoms. The Hall–Kier alpha value is -4.20. The molecule has 8 heteroatoms. The number of nitrogens with one attached hydrogen (secondary N) is 4. The summed E-state index contributed by atoms with van der Waals surface area (Å²) in [6.45, 7) is 12.4. The lowest BCUT2D eigenvalue weighted by atomic mass is 9.81. The van der Waals surface area contributed by atoms with Crippen LogP contribution < -0.4 is 26.6 Å². The SMILES string of the molecule is CC[C@@H]1C2N/C(=C/c3[nH]c(c(C)c3C)/C=c3\[nH]c(c(C)\c3=C\O)/C=c3\[nH]c4c(c3C)C(=O)[C@H](C(=O)OC)C=42)[C@H]1C. The molecule has 0 radical (unpaired) electrons. The lowest BCUT2D eigenvalue weighted by molar-refractivity contribution is -0.141. The number of aliphatic hydroxyl groups excluding tert-OH is 1. The Kier molecular flexibility index (Phi) is 5.98. The number of fused-ring (bicyclic) bond motifs is 8.